The number of amides is 1. The van der Waals surface area contributed by atoms with Gasteiger partial charge in [0.25, 0.3) is 5.91 Å². The molecule has 0 saturated heterocycles. The molecule has 0 aliphatic carbocycles. The first-order valence-corrected chi connectivity index (χ1v) is 9.07. The van der Waals surface area contributed by atoms with Gasteiger partial charge in [-0.05, 0) is 61.9 Å². The van der Waals surface area contributed by atoms with E-state index in [1.54, 1.807) is 0 Å². The SMILES string of the molecule is CCc1ccc([C@@H](C)NC(=O)[C@@H](CC)Oc2cc(C)ccc2C)cc1. The summed E-state index contributed by atoms with van der Waals surface area (Å²) >= 11 is 0. The molecule has 0 bridgehead atoms. The Bertz CT molecular complexity index is 706. The summed E-state index contributed by atoms with van der Waals surface area (Å²) in [4.78, 5) is 12.6. The molecule has 1 N–H and O–H groups in total. The van der Waals surface area contributed by atoms with Crippen molar-refractivity contribution in [1.29, 1.82) is 0 Å². The van der Waals surface area contributed by atoms with Crippen molar-refractivity contribution in [3.05, 3.63) is 64.7 Å². The van der Waals surface area contributed by atoms with Crippen molar-refractivity contribution in [2.75, 3.05) is 0 Å². The largest absolute Gasteiger partial charge is 0.480 e. The zero-order valence-electron chi connectivity index (χ0n) is 15.9. The van der Waals surface area contributed by atoms with Crippen molar-refractivity contribution >= 4 is 5.91 Å². The highest BCUT2D eigenvalue weighted by atomic mass is 16.5. The van der Waals surface area contributed by atoms with E-state index in [-0.39, 0.29) is 11.9 Å². The second-order valence-electron chi connectivity index (χ2n) is 6.61. The van der Waals surface area contributed by atoms with Crippen LogP contribution in [0.3, 0.4) is 0 Å². The van der Waals surface area contributed by atoms with Crippen molar-refractivity contribution in [3.63, 3.8) is 0 Å². The number of rotatable bonds is 7. The summed E-state index contributed by atoms with van der Waals surface area (Å²) < 4.78 is 6.00. The second-order valence-corrected chi connectivity index (χ2v) is 6.61. The van der Waals surface area contributed by atoms with Gasteiger partial charge in [0.05, 0.1) is 6.04 Å². The first-order chi connectivity index (χ1) is 11.9. The lowest BCUT2D eigenvalue weighted by atomic mass is 10.0. The molecule has 0 radical (unpaired) electrons. The highest BCUT2D eigenvalue weighted by molar-refractivity contribution is 5.81. The van der Waals surface area contributed by atoms with Crippen LogP contribution in [-0.2, 0) is 11.2 Å². The van der Waals surface area contributed by atoms with Gasteiger partial charge in [0.1, 0.15) is 5.75 Å². The minimum absolute atomic E-state index is 0.0466. The van der Waals surface area contributed by atoms with E-state index in [4.69, 9.17) is 4.74 Å². The van der Waals surface area contributed by atoms with Gasteiger partial charge >= 0.3 is 0 Å². The van der Waals surface area contributed by atoms with Gasteiger partial charge < -0.3 is 10.1 Å². The summed E-state index contributed by atoms with van der Waals surface area (Å²) in [5.74, 6) is 0.706. The minimum atomic E-state index is -0.488. The molecule has 3 heteroatoms. The van der Waals surface area contributed by atoms with Crippen LogP contribution >= 0.6 is 0 Å². The Kier molecular flexibility index (Phi) is 6.63. The first-order valence-electron chi connectivity index (χ1n) is 9.07. The Balaban J connectivity index is 2.04. The average Bonchev–Trinajstić information content (AvgIpc) is 2.62. The van der Waals surface area contributed by atoms with E-state index < -0.39 is 6.10 Å². The van der Waals surface area contributed by atoms with Crippen LogP contribution in [0.1, 0.15) is 55.5 Å². The summed E-state index contributed by atoms with van der Waals surface area (Å²) in [6, 6.07) is 14.4. The van der Waals surface area contributed by atoms with E-state index in [1.807, 2.05) is 45.9 Å². The van der Waals surface area contributed by atoms with Gasteiger partial charge in [-0.3, -0.25) is 4.79 Å². The fourth-order valence-corrected chi connectivity index (χ4v) is 2.74. The van der Waals surface area contributed by atoms with Crippen LogP contribution in [0.5, 0.6) is 5.75 Å². The first kappa shape index (κ1) is 19.0. The van der Waals surface area contributed by atoms with E-state index in [0.717, 1.165) is 28.9 Å². The maximum atomic E-state index is 12.6. The van der Waals surface area contributed by atoms with E-state index in [2.05, 4.69) is 36.5 Å². The molecule has 2 rings (SSSR count). The molecule has 0 aliphatic heterocycles. The third-order valence-corrected chi connectivity index (χ3v) is 4.52. The van der Waals surface area contributed by atoms with Crippen LogP contribution in [0, 0.1) is 13.8 Å². The van der Waals surface area contributed by atoms with E-state index >= 15 is 0 Å². The molecule has 0 unspecified atom stereocenters. The molecule has 134 valence electrons. The van der Waals surface area contributed by atoms with Crippen LogP contribution in [0.2, 0.25) is 0 Å². The van der Waals surface area contributed by atoms with Crippen molar-refractivity contribution in [2.45, 2.75) is 59.6 Å². The van der Waals surface area contributed by atoms with Gasteiger partial charge in [-0.15, -0.1) is 0 Å². The van der Waals surface area contributed by atoms with Gasteiger partial charge in [0.2, 0.25) is 0 Å². The number of carbonyl (C=O) groups excluding carboxylic acids is 1. The molecule has 3 nitrogen and oxygen atoms in total. The maximum absolute atomic E-state index is 12.6. The molecule has 0 aromatic heterocycles. The Morgan fingerprint density at radius 3 is 2.36 bits per heavy atom. The van der Waals surface area contributed by atoms with Gasteiger partial charge in [-0.1, -0.05) is 50.2 Å². The number of hydrogen-bond acceptors (Lipinski definition) is 2. The molecular formula is C22H29NO2. The lowest BCUT2D eigenvalue weighted by Gasteiger charge is -2.22. The zero-order valence-corrected chi connectivity index (χ0v) is 15.9. The Hall–Kier alpha value is -2.29. The highest BCUT2D eigenvalue weighted by Gasteiger charge is 2.21. The number of aryl methyl sites for hydroxylation is 3. The van der Waals surface area contributed by atoms with E-state index in [9.17, 15) is 4.79 Å². The zero-order chi connectivity index (χ0) is 18.4. The van der Waals surface area contributed by atoms with E-state index in [0.29, 0.717) is 6.42 Å². The van der Waals surface area contributed by atoms with Crippen molar-refractivity contribution < 1.29 is 9.53 Å². The number of nitrogens with one attached hydrogen (secondary N) is 1. The lowest BCUT2D eigenvalue weighted by Crippen LogP contribution is -2.39. The second kappa shape index (κ2) is 8.70. The molecular weight excluding hydrogens is 310 g/mol. The number of carbonyl (C=O) groups is 1. The summed E-state index contributed by atoms with van der Waals surface area (Å²) in [5, 5.41) is 3.08. The molecule has 0 heterocycles. The molecule has 25 heavy (non-hydrogen) atoms. The molecule has 0 aliphatic rings. The minimum Gasteiger partial charge on any atom is -0.480 e. The van der Waals surface area contributed by atoms with Gasteiger partial charge in [-0.25, -0.2) is 0 Å². The standard InChI is InChI=1S/C22H29NO2/c1-6-18-10-12-19(13-11-18)17(5)23-22(24)20(7-2)25-21-14-15(3)8-9-16(21)4/h8-14,17,20H,6-7H2,1-5H3,(H,23,24)/t17-,20-/m1/s1. The number of ether oxygens (including phenoxy) is 1. The summed E-state index contributed by atoms with van der Waals surface area (Å²) in [6.45, 7) is 10.1. The quantitative estimate of drug-likeness (QED) is 0.779. The van der Waals surface area contributed by atoms with Crippen molar-refractivity contribution in [1.82, 2.24) is 5.32 Å². The summed E-state index contributed by atoms with van der Waals surface area (Å²) in [5.41, 5.74) is 4.57. The predicted octanol–water partition coefficient (Wildman–Crippen LogP) is 4.90. The van der Waals surface area contributed by atoms with Crippen LogP contribution in [0.4, 0.5) is 0 Å². The normalized spacial score (nSPS) is 13.2. The van der Waals surface area contributed by atoms with Crippen LogP contribution in [0.25, 0.3) is 0 Å². The topological polar surface area (TPSA) is 38.3 Å². The fourth-order valence-electron chi connectivity index (χ4n) is 2.74. The smallest absolute Gasteiger partial charge is 0.261 e. The van der Waals surface area contributed by atoms with Crippen LogP contribution < -0.4 is 10.1 Å². The third-order valence-electron chi connectivity index (χ3n) is 4.52. The van der Waals surface area contributed by atoms with E-state index in [1.165, 1.54) is 5.56 Å². The van der Waals surface area contributed by atoms with Crippen LogP contribution in [0.15, 0.2) is 42.5 Å². The molecule has 0 saturated carbocycles. The fraction of sp³-hybridized carbons (Fsp3) is 0.409. The number of hydrogen-bond donors (Lipinski definition) is 1. The molecule has 2 aromatic rings. The maximum Gasteiger partial charge on any atom is 0.261 e. The van der Waals surface area contributed by atoms with Gasteiger partial charge in [0.15, 0.2) is 6.10 Å². The Morgan fingerprint density at radius 2 is 1.76 bits per heavy atom. The monoisotopic (exact) mass is 339 g/mol. The molecule has 0 spiro atoms. The predicted molar refractivity (Wildman–Crippen MR) is 103 cm³/mol. The number of benzene rings is 2. The summed E-state index contributed by atoms with van der Waals surface area (Å²) in [6.07, 6.45) is 1.15. The average molecular weight is 339 g/mol. The molecule has 2 atom stereocenters. The van der Waals surface area contributed by atoms with Crippen LogP contribution in [-0.4, -0.2) is 12.0 Å². The molecule has 0 fully saturated rings. The summed E-state index contributed by atoms with van der Waals surface area (Å²) in [7, 11) is 0. The van der Waals surface area contributed by atoms with Crippen molar-refractivity contribution in [2.24, 2.45) is 0 Å². The van der Waals surface area contributed by atoms with Gasteiger partial charge in [-0.2, -0.15) is 0 Å². The van der Waals surface area contributed by atoms with Crippen molar-refractivity contribution in [3.8, 4) is 5.75 Å². The Morgan fingerprint density at radius 1 is 1.08 bits per heavy atom. The lowest BCUT2D eigenvalue weighted by molar-refractivity contribution is -0.128. The third kappa shape index (κ3) is 5.09. The Labute approximate surface area is 151 Å². The highest BCUT2D eigenvalue weighted by Crippen LogP contribution is 2.22. The van der Waals surface area contributed by atoms with Gasteiger partial charge in [0, 0.05) is 0 Å². The molecule has 1 amide bonds. The molecule has 2 aromatic carbocycles.